The molecule has 2 fully saturated rings. The van der Waals surface area contributed by atoms with Crippen LogP contribution < -0.4 is 10.1 Å². The van der Waals surface area contributed by atoms with Gasteiger partial charge < -0.3 is 10.1 Å². The van der Waals surface area contributed by atoms with E-state index in [-0.39, 0.29) is 0 Å². The minimum absolute atomic E-state index is 0.779. The third kappa shape index (κ3) is 4.11. The molecular weight excluding hydrogens is 272 g/mol. The number of halogens is 1. The lowest BCUT2D eigenvalue weighted by Gasteiger charge is -2.21. The minimum Gasteiger partial charge on any atom is -0.493 e. The van der Waals surface area contributed by atoms with E-state index in [4.69, 9.17) is 16.3 Å². The summed E-state index contributed by atoms with van der Waals surface area (Å²) in [6.45, 7) is 6.21. The van der Waals surface area contributed by atoms with Crippen molar-refractivity contribution in [3.8, 4) is 5.75 Å². The van der Waals surface area contributed by atoms with Crippen molar-refractivity contribution in [3.05, 3.63) is 28.8 Å². The molecule has 0 aromatic heterocycles. The van der Waals surface area contributed by atoms with Gasteiger partial charge in [-0.15, -0.1) is 0 Å². The van der Waals surface area contributed by atoms with Gasteiger partial charge in [-0.3, -0.25) is 4.90 Å². The summed E-state index contributed by atoms with van der Waals surface area (Å²) in [7, 11) is 0. The summed E-state index contributed by atoms with van der Waals surface area (Å²) >= 11 is 6.16. The summed E-state index contributed by atoms with van der Waals surface area (Å²) in [6.07, 6.45) is 3.85. The Balaban J connectivity index is 1.66. The average molecular weight is 295 g/mol. The second-order valence-corrected chi connectivity index (χ2v) is 6.32. The highest BCUT2D eigenvalue weighted by Gasteiger charge is 2.22. The molecule has 0 spiro atoms. The molecule has 110 valence electrons. The smallest absolute Gasteiger partial charge is 0.123 e. The standard InChI is InChI=1S/C16H23ClN2O/c17-15-4-5-16(20-12-13-2-3-13)14(10-15)11-19-8-1-6-18-7-9-19/h4-5,10,13,18H,1-3,6-9,11-12H2. The van der Waals surface area contributed by atoms with E-state index >= 15 is 0 Å². The molecule has 0 amide bonds. The van der Waals surface area contributed by atoms with Gasteiger partial charge >= 0.3 is 0 Å². The molecule has 1 aromatic rings. The fourth-order valence-corrected chi connectivity index (χ4v) is 2.80. The number of nitrogens with zero attached hydrogens (tertiary/aromatic N) is 1. The van der Waals surface area contributed by atoms with E-state index in [0.717, 1.165) is 56.0 Å². The third-order valence-corrected chi connectivity index (χ3v) is 4.26. The molecule has 0 bridgehead atoms. The molecule has 20 heavy (non-hydrogen) atoms. The van der Waals surface area contributed by atoms with Gasteiger partial charge in [-0.05, 0) is 56.5 Å². The first-order valence-electron chi connectivity index (χ1n) is 7.65. The molecule has 0 atom stereocenters. The zero-order valence-corrected chi connectivity index (χ0v) is 12.7. The highest BCUT2D eigenvalue weighted by Crippen LogP contribution is 2.31. The van der Waals surface area contributed by atoms with Crippen LogP contribution in [0.15, 0.2) is 18.2 Å². The lowest BCUT2D eigenvalue weighted by atomic mass is 10.2. The van der Waals surface area contributed by atoms with Crippen LogP contribution in [0.5, 0.6) is 5.75 Å². The zero-order valence-electron chi connectivity index (χ0n) is 11.9. The molecule has 1 heterocycles. The Morgan fingerprint density at radius 1 is 1.25 bits per heavy atom. The summed E-state index contributed by atoms with van der Waals surface area (Å²) < 4.78 is 5.99. The van der Waals surface area contributed by atoms with E-state index in [2.05, 4.69) is 16.3 Å². The molecule has 1 aliphatic carbocycles. The number of rotatable bonds is 5. The predicted molar refractivity (Wildman–Crippen MR) is 82.4 cm³/mol. The first-order valence-corrected chi connectivity index (χ1v) is 8.03. The van der Waals surface area contributed by atoms with E-state index < -0.39 is 0 Å². The molecule has 3 nitrogen and oxygen atoms in total. The van der Waals surface area contributed by atoms with Gasteiger partial charge in [-0.25, -0.2) is 0 Å². The van der Waals surface area contributed by atoms with E-state index in [1.807, 2.05) is 12.1 Å². The Labute approximate surface area is 126 Å². The van der Waals surface area contributed by atoms with Gasteiger partial charge in [0.25, 0.3) is 0 Å². The fourth-order valence-electron chi connectivity index (χ4n) is 2.61. The van der Waals surface area contributed by atoms with Gasteiger partial charge in [0.2, 0.25) is 0 Å². The Morgan fingerprint density at radius 3 is 3.00 bits per heavy atom. The maximum atomic E-state index is 6.16. The largest absolute Gasteiger partial charge is 0.493 e. The fraction of sp³-hybridized carbons (Fsp3) is 0.625. The third-order valence-electron chi connectivity index (χ3n) is 4.02. The number of ether oxygens (including phenoxy) is 1. The van der Waals surface area contributed by atoms with Crippen molar-refractivity contribution < 1.29 is 4.74 Å². The van der Waals surface area contributed by atoms with E-state index in [1.54, 1.807) is 0 Å². The van der Waals surface area contributed by atoms with Crippen LogP contribution in [0.4, 0.5) is 0 Å². The molecule has 1 aromatic carbocycles. The van der Waals surface area contributed by atoms with Crippen LogP contribution in [0.2, 0.25) is 5.02 Å². The van der Waals surface area contributed by atoms with Crippen LogP contribution in [0.25, 0.3) is 0 Å². The number of hydrogen-bond acceptors (Lipinski definition) is 3. The average Bonchev–Trinajstić information content (AvgIpc) is 3.25. The molecule has 1 N–H and O–H groups in total. The van der Waals surface area contributed by atoms with Crippen molar-refractivity contribution in [2.24, 2.45) is 5.92 Å². The SMILES string of the molecule is Clc1ccc(OCC2CC2)c(CN2CCCNCC2)c1. The van der Waals surface area contributed by atoms with Gasteiger partial charge in [0.05, 0.1) is 6.61 Å². The number of hydrogen-bond donors (Lipinski definition) is 1. The van der Waals surface area contributed by atoms with Crippen LogP contribution in [0.3, 0.4) is 0 Å². The molecule has 3 rings (SSSR count). The van der Waals surface area contributed by atoms with Crippen LogP contribution >= 0.6 is 11.6 Å². The maximum Gasteiger partial charge on any atom is 0.123 e. The molecule has 0 radical (unpaired) electrons. The zero-order chi connectivity index (χ0) is 13.8. The Bertz CT molecular complexity index is 440. The topological polar surface area (TPSA) is 24.5 Å². The quantitative estimate of drug-likeness (QED) is 0.904. The van der Waals surface area contributed by atoms with Crippen molar-refractivity contribution in [1.29, 1.82) is 0 Å². The van der Waals surface area contributed by atoms with E-state index in [1.165, 1.54) is 24.8 Å². The summed E-state index contributed by atoms with van der Waals surface area (Å²) in [5.41, 5.74) is 1.22. The van der Waals surface area contributed by atoms with Crippen molar-refractivity contribution in [2.45, 2.75) is 25.8 Å². The van der Waals surface area contributed by atoms with Crippen molar-refractivity contribution in [1.82, 2.24) is 10.2 Å². The van der Waals surface area contributed by atoms with Gasteiger partial charge in [0, 0.05) is 30.2 Å². The first kappa shape index (κ1) is 14.2. The second-order valence-electron chi connectivity index (χ2n) is 5.89. The molecular formula is C16H23ClN2O. The lowest BCUT2D eigenvalue weighted by molar-refractivity contribution is 0.264. The molecule has 0 unspecified atom stereocenters. The predicted octanol–water partition coefficient (Wildman–Crippen LogP) is 2.92. The van der Waals surface area contributed by atoms with E-state index in [0.29, 0.717) is 0 Å². The Morgan fingerprint density at radius 2 is 2.15 bits per heavy atom. The van der Waals surface area contributed by atoms with Crippen LogP contribution in [0, 0.1) is 5.92 Å². The lowest BCUT2D eigenvalue weighted by Crippen LogP contribution is -2.27. The van der Waals surface area contributed by atoms with Gasteiger partial charge in [0.1, 0.15) is 5.75 Å². The molecule has 1 aliphatic heterocycles. The monoisotopic (exact) mass is 294 g/mol. The molecule has 4 heteroatoms. The van der Waals surface area contributed by atoms with Crippen LogP contribution in [0.1, 0.15) is 24.8 Å². The molecule has 1 saturated carbocycles. The van der Waals surface area contributed by atoms with Gasteiger partial charge in [0.15, 0.2) is 0 Å². The van der Waals surface area contributed by atoms with Gasteiger partial charge in [-0.1, -0.05) is 11.6 Å². The molecule has 2 aliphatic rings. The molecule has 1 saturated heterocycles. The minimum atomic E-state index is 0.779. The maximum absolute atomic E-state index is 6.16. The van der Waals surface area contributed by atoms with Crippen LogP contribution in [-0.2, 0) is 6.54 Å². The highest BCUT2D eigenvalue weighted by molar-refractivity contribution is 6.30. The first-order chi connectivity index (χ1) is 9.81. The number of nitrogens with one attached hydrogen (secondary N) is 1. The summed E-state index contributed by atoms with van der Waals surface area (Å²) in [5, 5.41) is 4.24. The highest BCUT2D eigenvalue weighted by atomic mass is 35.5. The van der Waals surface area contributed by atoms with Crippen molar-refractivity contribution >= 4 is 11.6 Å². The summed E-state index contributed by atoms with van der Waals surface area (Å²) in [6, 6.07) is 6.01. The number of benzene rings is 1. The van der Waals surface area contributed by atoms with Gasteiger partial charge in [-0.2, -0.15) is 0 Å². The van der Waals surface area contributed by atoms with Crippen molar-refractivity contribution in [3.63, 3.8) is 0 Å². The normalized spacial score (nSPS) is 20.6. The Kier molecular flexibility index (Phi) is 4.81. The Hall–Kier alpha value is -0.770. The second kappa shape index (κ2) is 6.79. The summed E-state index contributed by atoms with van der Waals surface area (Å²) in [5.74, 6) is 1.79. The van der Waals surface area contributed by atoms with E-state index in [9.17, 15) is 0 Å². The van der Waals surface area contributed by atoms with Crippen molar-refractivity contribution in [2.75, 3.05) is 32.8 Å². The van der Waals surface area contributed by atoms with Crippen LogP contribution in [-0.4, -0.2) is 37.7 Å². The summed E-state index contributed by atoms with van der Waals surface area (Å²) in [4.78, 5) is 2.48.